The van der Waals surface area contributed by atoms with Crippen molar-refractivity contribution in [2.75, 3.05) is 0 Å². The van der Waals surface area contributed by atoms with E-state index in [1.165, 1.54) is 12.8 Å². The van der Waals surface area contributed by atoms with E-state index < -0.39 is 7.42 Å². The topological polar surface area (TPSA) is 0 Å². The number of hydrogen-bond donors (Lipinski definition) is 0. The second kappa shape index (κ2) is 2.51. The molecular formula is C8H12Cl2Si. The molecule has 0 N–H and O–H groups in total. The van der Waals surface area contributed by atoms with Gasteiger partial charge in [-0.15, -0.1) is 22.2 Å². The number of fused-ring (bicyclic) bond motifs is 2. The van der Waals surface area contributed by atoms with E-state index in [0.29, 0.717) is 0 Å². The van der Waals surface area contributed by atoms with Gasteiger partial charge in [0.1, 0.15) is 0 Å². The maximum absolute atomic E-state index is 6.09. The van der Waals surface area contributed by atoms with E-state index >= 15 is 0 Å². The third-order valence-corrected chi connectivity index (χ3v) is 7.30. The third kappa shape index (κ3) is 1.09. The van der Waals surface area contributed by atoms with Crippen molar-refractivity contribution in [1.82, 2.24) is 0 Å². The fourth-order valence-electron chi connectivity index (χ4n) is 2.43. The van der Waals surface area contributed by atoms with Gasteiger partial charge in [0.25, 0.3) is 0 Å². The standard InChI is InChI=1S/C8H12Cl2Si/c1-6-4-8(11(9)10)3-2-7(6)5-8/h2-3,6-7,11H,4-5H2,1H3. The molecule has 2 aliphatic rings. The molecule has 2 rings (SSSR count). The van der Waals surface area contributed by atoms with Crippen LogP contribution in [0.1, 0.15) is 19.8 Å². The Morgan fingerprint density at radius 1 is 1.45 bits per heavy atom. The summed E-state index contributed by atoms with van der Waals surface area (Å²) in [6, 6.07) is 0. The molecule has 0 aromatic carbocycles. The minimum absolute atomic E-state index is 0.271. The van der Waals surface area contributed by atoms with Crippen LogP contribution in [0.25, 0.3) is 0 Å². The van der Waals surface area contributed by atoms with Crippen molar-refractivity contribution in [1.29, 1.82) is 0 Å². The van der Waals surface area contributed by atoms with Crippen molar-refractivity contribution in [2.24, 2.45) is 11.8 Å². The largest absolute Gasteiger partial charge is 0.246 e. The highest BCUT2D eigenvalue weighted by molar-refractivity contribution is 7.35. The predicted molar refractivity (Wildman–Crippen MR) is 52.6 cm³/mol. The van der Waals surface area contributed by atoms with Crippen LogP contribution in [0.4, 0.5) is 0 Å². The number of allylic oxidation sites excluding steroid dienone is 2. The van der Waals surface area contributed by atoms with Crippen LogP contribution in [0.2, 0.25) is 5.04 Å². The highest BCUT2D eigenvalue weighted by Gasteiger charge is 2.49. The van der Waals surface area contributed by atoms with Crippen molar-refractivity contribution in [3.8, 4) is 0 Å². The van der Waals surface area contributed by atoms with Gasteiger partial charge in [-0.3, -0.25) is 0 Å². The Hall–Kier alpha value is 0.537. The van der Waals surface area contributed by atoms with Crippen LogP contribution >= 0.6 is 22.2 Å². The van der Waals surface area contributed by atoms with Crippen LogP contribution in [0.15, 0.2) is 12.2 Å². The van der Waals surface area contributed by atoms with Gasteiger partial charge < -0.3 is 0 Å². The normalized spacial score (nSPS) is 47.6. The molecule has 0 aromatic rings. The molecule has 0 aromatic heterocycles. The second-order valence-electron chi connectivity index (χ2n) is 3.94. The summed E-state index contributed by atoms with van der Waals surface area (Å²) in [5, 5.41) is 0.271. The molecule has 3 unspecified atom stereocenters. The van der Waals surface area contributed by atoms with Crippen molar-refractivity contribution in [3.05, 3.63) is 12.2 Å². The highest BCUT2D eigenvalue weighted by atomic mass is 35.7. The Morgan fingerprint density at radius 3 is 2.45 bits per heavy atom. The highest BCUT2D eigenvalue weighted by Crippen LogP contribution is 2.60. The molecule has 2 aliphatic carbocycles. The third-order valence-electron chi connectivity index (χ3n) is 3.16. The zero-order valence-electron chi connectivity index (χ0n) is 6.56. The van der Waals surface area contributed by atoms with Gasteiger partial charge in [-0.2, -0.15) is 0 Å². The van der Waals surface area contributed by atoms with Crippen molar-refractivity contribution >= 4 is 29.6 Å². The molecule has 1 fully saturated rings. The van der Waals surface area contributed by atoms with Crippen LogP contribution in [-0.4, -0.2) is 7.42 Å². The molecule has 3 atom stereocenters. The molecule has 0 amide bonds. The van der Waals surface area contributed by atoms with Crippen LogP contribution < -0.4 is 0 Å². The fourth-order valence-corrected chi connectivity index (χ4v) is 5.20. The first-order chi connectivity index (χ1) is 5.14. The van der Waals surface area contributed by atoms with Crippen molar-refractivity contribution in [3.63, 3.8) is 0 Å². The summed E-state index contributed by atoms with van der Waals surface area (Å²) in [6.45, 7) is 2.31. The maximum Gasteiger partial charge on any atom is 0.246 e. The van der Waals surface area contributed by atoms with Gasteiger partial charge in [0.15, 0.2) is 0 Å². The van der Waals surface area contributed by atoms with Crippen molar-refractivity contribution in [2.45, 2.75) is 24.8 Å². The lowest BCUT2D eigenvalue weighted by Crippen LogP contribution is -2.17. The first-order valence-corrected chi connectivity index (χ1v) is 8.18. The van der Waals surface area contributed by atoms with Crippen LogP contribution in [0.3, 0.4) is 0 Å². The van der Waals surface area contributed by atoms with Gasteiger partial charge in [0, 0.05) is 5.04 Å². The van der Waals surface area contributed by atoms with Crippen molar-refractivity contribution < 1.29 is 0 Å². The predicted octanol–water partition coefficient (Wildman–Crippen LogP) is 3.04. The Labute approximate surface area is 78.6 Å². The lowest BCUT2D eigenvalue weighted by atomic mass is 9.96. The van der Waals surface area contributed by atoms with E-state index in [1.54, 1.807) is 0 Å². The van der Waals surface area contributed by atoms with Crippen LogP contribution in [0, 0.1) is 11.8 Å². The molecule has 62 valence electrons. The first kappa shape index (κ1) is 8.15. The van der Waals surface area contributed by atoms with E-state index in [1.807, 2.05) is 0 Å². The molecule has 1 saturated carbocycles. The molecule has 2 bridgehead atoms. The summed E-state index contributed by atoms with van der Waals surface area (Å²) < 4.78 is 0. The van der Waals surface area contributed by atoms with Gasteiger partial charge in [-0.1, -0.05) is 19.1 Å². The Kier molecular flexibility index (Phi) is 1.86. The van der Waals surface area contributed by atoms with Crippen LogP contribution in [0.5, 0.6) is 0 Å². The molecule has 0 radical (unpaired) electrons. The summed E-state index contributed by atoms with van der Waals surface area (Å²) in [6.07, 6.45) is 7.07. The smallest absolute Gasteiger partial charge is 0.149 e. The molecule has 0 aliphatic heterocycles. The summed E-state index contributed by atoms with van der Waals surface area (Å²) in [4.78, 5) is 0. The SMILES string of the molecule is CC1CC2([SiH](Cl)Cl)C=CC1C2. The average Bonchev–Trinajstić information content (AvgIpc) is 2.44. The summed E-state index contributed by atoms with van der Waals surface area (Å²) in [5.74, 6) is 1.59. The number of rotatable bonds is 1. The van der Waals surface area contributed by atoms with E-state index in [4.69, 9.17) is 22.2 Å². The quantitative estimate of drug-likeness (QED) is 0.352. The van der Waals surface area contributed by atoms with Gasteiger partial charge in [0.05, 0.1) is 0 Å². The maximum atomic E-state index is 6.09. The lowest BCUT2D eigenvalue weighted by Gasteiger charge is -2.24. The second-order valence-corrected chi connectivity index (χ2v) is 8.98. The minimum Gasteiger partial charge on any atom is -0.149 e. The summed E-state index contributed by atoms with van der Waals surface area (Å²) >= 11 is 12.2. The molecule has 0 spiro atoms. The molecule has 11 heavy (non-hydrogen) atoms. The summed E-state index contributed by atoms with van der Waals surface area (Å²) in [7, 11) is -1.50. The molecule has 0 nitrogen and oxygen atoms in total. The van der Waals surface area contributed by atoms with Gasteiger partial charge in [0.2, 0.25) is 7.42 Å². The van der Waals surface area contributed by atoms with E-state index in [2.05, 4.69) is 19.1 Å². The molecule has 0 heterocycles. The van der Waals surface area contributed by atoms with E-state index in [9.17, 15) is 0 Å². The lowest BCUT2D eigenvalue weighted by molar-refractivity contribution is 0.495. The van der Waals surface area contributed by atoms with Gasteiger partial charge >= 0.3 is 0 Å². The number of hydrogen-bond acceptors (Lipinski definition) is 0. The van der Waals surface area contributed by atoms with Gasteiger partial charge in [-0.25, -0.2) is 0 Å². The van der Waals surface area contributed by atoms with E-state index in [0.717, 1.165) is 11.8 Å². The number of halogens is 2. The Bertz CT molecular complexity index is 202. The molecular weight excluding hydrogens is 195 g/mol. The molecule has 0 saturated heterocycles. The Balaban J connectivity index is 2.25. The van der Waals surface area contributed by atoms with Crippen LogP contribution in [-0.2, 0) is 0 Å². The van der Waals surface area contributed by atoms with E-state index in [-0.39, 0.29) is 5.04 Å². The monoisotopic (exact) mass is 206 g/mol. The average molecular weight is 207 g/mol. The Morgan fingerprint density at radius 2 is 2.18 bits per heavy atom. The fraction of sp³-hybridized carbons (Fsp3) is 0.750. The first-order valence-electron chi connectivity index (χ1n) is 4.11. The van der Waals surface area contributed by atoms with Gasteiger partial charge in [-0.05, 0) is 24.7 Å². The zero-order valence-corrected chi connectivity index (χ0v) is 9.22. The zero-order chi connectivity index (χ0) is 8.06. The minimum atomic E-state index is -1.50. The summed E-state index contributed by atoms with van der Waals surface area (Å²) in [5.41, 5.74) is 0. The molecule has 3 heteroatoms.